The minimum Gasteiger partial charge on any atom is -0.353 e. The minimum atomic E-state index is -0.406. The second-order valence-corrected chi connectivity index (χ2v) is 7.47. The first kappa shape index (κ1) is 19.2. The van der Waals surface area contributed by atoms with Crippen LogP contribution in [0.15, 0.2) is 60.7 Å². The van der Waals surface area contributed by atoms with Gasteiger partial charge >= 0.3 is 0 Å². The molecule has 3 aromatic rings. The molecule has 0 spiro atoms. The molecule has 29 heavy (non-hydrogen) atoms. The van der Waals surface area contributed by atoms with Crippen LogP contribution in [0.5, 0.6) is 0 Å². The van der Waals surface area contributed by atoms with E-state index in [1.807, 2.05) is 37.3 Å². The number of benzene rings is 3. The standard InChI is InChI=1S/C25H26N2O2/c1-3-17-9-11-18(12-10-17)19-13-14-22(21-8-6-5-7-20(19)21)25(29)27-16-15-26-24(28)23(27)4-2/h5-14,23H,3-4,15-16H2,1-2H3,(H,26,28). The van der Waals surface area contributed by atoms with Gasteiger partial charge in [-0.15, -0.1) is 0 Å². The highest BCUT2D eigenvalue weighted by Gasteiger charge is 2.32. The fraction of sp³-hybridized carbons (Fsp3) is 0.280. The summed E-state index contributed by atoms with van der Waals surface area (Å²) in [6.45, 7) is 5.13. The molecule has 0 saturated carbocycles. The quantitative estimate of drug-likeness (QED) is 0.722. The fourth-order valence-electron chi connectivity index (χ4n) is 4.18. The molecule has 1 aliphatic heterocycles. The third-order valence-corrected chi connectivity index (χ3v) is 5.81. The van der Waals surface area contributed by atoms with Gasteiger partial charge in [0.15, 0.2) is 0 Å². The van der Waals surface area contributed by atoms with E-state index < -0.39 is 6.04 Å². The second kappa shape index (κ2) is 8.08. The molecule has 0 aliphatic carbocycles. The molecule has 4 rings (SSSR count). The van der Waals surface area contributed by atoms with E-state index in [9.17, 15) is 9.59 Å². The van der Waals surface area contributed by atoms with Gasteiger partial charge in [-0.3, -0.25) is 9.59 Å². The Morgan fingerprint density at radius 1 is 1.00 bits per heavy atom. The average molecular weight is 386 g/mol. The average Bonchev–Trinajstić information content (AvgIpc) is 2.78. The number of amides is 2. The van der Waals surface area contributed by atoms with Gasteiger partial charge < -0.3 is 10.2 Å². The Labute approximate surface area is 171 Å². The number of fused-ring (bicyclic) bond motifs is 1. The Hall–Kier alpha value is -3.14. The summed E-state index contributed by atoms with van der Waals surface area (Å²) in [5.74, 6) is -0.139. The SMILES string of the molecule is CCc1ccc(-c2ccc(C(=O)N3CCNC(=O)C3CC)c3ccccc23)cc1. The van der Waals surface area contributed by atoms with E-state index in [1.54, 1.807) is 4.90 Å². The second-order valence-electron chi connectivity index (χ2n) is 7.47. The summed E-state index contributed by atoms with van der Waals surface area (Å²) < 4.78 is 0. The Morgan fingerprint density at radius 2 is 1.72 bits per heavy atom. The molecule has 1 saturated heterocycles. The summed E-state index contributed by atoms with van der Waals surface area (Å²) in [5, 5.41) is 4.84. The summed E-state index contributed by atoms with van der Waals surface area (Å²) in [4.78, 5) is 27.3. The summed E-state index contributed by atoms with van der Waals surface area (Å²) in [5.41, 5.74) is 4.21. The molecule has 1 aliphatic rings. The number of piperazine rings is 1. The normalized spacial score (nSPS) is 16.7. The van der Waals surface area contributed by atoms with Crippen molar-refractivity contribution in [2.75, 3.05) is 13.1 Å². The number of carbonyl (C=O) groups excluding carboxylic acids is 2. The molecule has 1 N–H and O–H groups in total. The smallest absolute Gasteiger partial charge is 0.255 e. The highest BCUT2D eigenvalue weighted by atomic mass is 16.2. The van der Waals surface area contributed by atoms with Crippen molar-refractivity contribution in [2.24, 2.45) is 0 Å². The zero-order valence-electron chi connectivity index (χ0n) is 16.9. The van der Waals surface area contributed by atoms with Gasteiger partial charge in [-0.1, -0.05) is 68.4 Å². The van der Waals surface area contributed by atoms with Crippen LogP contribution in [0.4, 0.5) is 0 Å². The van der Waals surface area contributed by atoms with Crippen molar-refractivity contribution in [2.45, 2.75) is 32.7 Å². The first-order valence-corrected chi connectivity index (χ1v) is 10.3. The summed E-state index contributed by atoms with van der Waals surface area (Å²) in [6, 6.07) is 20.2. The number of aryl methyl sites for hydroxylation is 1. The molecule has 1 atom stereocenters. The lowest BCUT2D eigenvalue weighted by molar-refractivity contribution is -0.127. The van der Waals surface area contributed by atoms with E-state index >= 15 is 0 Å². The van der Waals surface area contributed by atoms with Gasteiger partial charge in [-0.25, -0.2) is 0 Å². The largest absolute Gasteiger partial charge is 0.353 e. The van der Waals surface area contributed by atoms with Crippen molar-refractivity contribution in [1.29, 1.82) is 0 Å². The maximum atomic E-state index is 13.4. The number of carbonyl (C=O) groups is 2. The Kier molecular flexibility index (Phi) is 5.34. The molecule has 0 bridgehead atoms. The number of nitrogens with one attached hydrogen (secondary N) is 1. The Morgan fingerprint density at radius 3 is 2.41 bits per heavy atom. The highest BCUT2D eigenvalue weighted by Crippen LogP contribution is 2.32. The summed E-state index contributed by atoms with van der Waals surface area (Å²) in [6.07, 6.45) is 1.62. The van der Waals surface area contributed by atoms with Crippen LogP contribution in [0, 0.1) is 0 Å². The molecule has 1 fully saturated rings. The number of hydrogen-bond donors (Lipinski definition) is 1. The van der Waals surface area contributed by atoms with Crippen molar-refractivity contribution in [3.63, 3.8) is 0 Å². The molecule has 0 radical (unpaired) electrons. The summed E-state index contributed by atoms with van der Waals surface area (Å²) in [7, 11) is 0. The van der Waals surface area contributed by atoms with Crippen LogP contribution in [0.1, 0.15) is 36.2 Å². The third kappa shape index (κ3) is 3.51. The van der Waals surface area contributed by atoms with Crippen molar-refractivity contribution in [3.05, 3.63) is 71.8 Å². The zero-order valence-corrected chi connectivity index (χ0v) is 16.9. The molecule has 4 heteroatoms. The van der Waals surface area contributed by atoms with Gasteiger partial charge in [0, 0.05) is 18.7 Å². The predicted octanol–water partition coefficient (Wildman–Crippen LogP) is 4.42. The van der Waals surface area contributed by atoms with Crippen molar-refractivity contribution in [3.8, 4) is 11.1 Å². The molecule has 4 nitrogen and oxygen atoms in total. The molecule has 1 unspecified atom stereocenters. The van der Waals surface area contributed by atoms with Gasteiger partial charge in [-0.05, 0) is 46.4 Å². The minimum absolute atomic E-state index is 0.0657. The predicted molar refractivity (Wildman–Crippen MR) is 117 cm³/mol. The fourth-order valence-corrected chi connectivity index (χ4v) is 4.18. The van der Waals surface area contributed by atoms with Gasteiger partial charge in [0.25, 0.3) is 5.91 Å². The van der Waals surface area contributed by atoms with Crippen LogP contribution >= 0.6 is 0 Å². The maximum absolute atomic E-state index is 13.4. The van der Waals surface area contributed by atoms with Gasteiger partial charge in [0.2, 0.25) is 5.91 Å². The lowest BCUT2D eigenvalue weighted by Gasteiger charge is -2.34. The number of hydrogen-bond acceptors (Lipinski definition) is 2. The van der Waals surface area contributed by atoms with Crippen molar-refractivity contribution in [1.82, 2.24) is 10.2 Å². The van der Waals surface area contributed by atoms with E-state index in [0.717, 1.165) is 28.3 Å². The van der Waals surface area contributed by atoms with E-state index in [1.165, 1.54) is 5.56 Å². The zero-order chi connectivity index (χ0) is 20.4. The van der Waals surface area contributed by atoms with Gasteiger partial charge in [-0.2, -0.15) is 0 Å². The Bertz CT molecular complexity index is 1060. The third-order valence-electron chi connectivity index (χ3n) is 5.81. The molecule has 0 aromatic heterocycles. The summed E-state index contributed by atoms with van der Waals surface area (Å²) >= 11 is 0. The lowest BCUT2D eigenvalue weighted by atomic mass is 9.93. The van der Waals surface area contributed by atoms with E-state index in [4.69, 9.17) is 0 Å². The molecule has 148 valence electrons. The van der Waals surface area contributed by atoms with E-state index in [-0.39, 0.29) is 11.8 Å². The van der Waals surface area contributed by atoms with Crippen LogP contribution in [-0.2, 0) is 11.2 Å². The lowest BCUT2D eigenvalue weighted by Crippen LogP contribution is -2.56. The maximum Gasteiger partial charge on any atom is 0.255 e. The molecule has 3 aromatic carbocycles. The van der Waals surface area contributed by atoms with Gasteiger partial charge in [0.1, 0.15) is 6.04 Å². The van der Waals surface area contributed by atoms with Crippen LogP contribution in [0.25, 0.3) is 21.9 Å². The molecule has 2 amide bonds. The Balaban J connectivity index is 1.79. The topological polar surface area (TPSA) is 49.4 Å². The highest BCUT2D eigenvalue weighted by molar-refractivity contribution is 6.11. The van der Waals surface area contributed by atoms with Crippen LogP contribution in [0.3, 0.4) is 0 Å². The van der Waals surface area contributed by atoms with Gasteiger partial charge in [0.05, 0.1) is 0 Å². The van der Waals surface area contributed by atoms with Crippen molar-refractivity contribution >= 4 is 22.6 Å². The molecular weight excluding hydrogens is 360 g/mol. The monoisotopic (exact) mass is 386 g/mol. The van der Waals surface area contributed by atoms with Crippen LogP contribution in [0.2, 0.25) is 0 Å². The van der Waals surface area contributed by atoms with E-state index in [0.29, 0.717) is 25.1 Å². The van der Waals surface area contributed by atoms with Crippen LogP contribution < -0.4 is 5.32 Å². The molecule has 1 heterocycles. The number of nitrogens with zero attached hydrogens (tertiary/aromatic N) is 1. The van der Waals surface area contributed by atoms with E-state index in [2.05, 4.69) is 42.6 Å². The first-order chi connectivity index (χ1) is 14.1. The number of rotatable bonds is 4. The van der Waals surface area contributed by atoms with Crippen molar-refractivity contribution < 1.29 is 9.59 Å². The molecular formula is C25H26N2O2. The van der Waals surface area contributed by atoms with Crippen LogP contribution in [-0.4, -0.2) is 35.8 Å². The first-order valence-electron chi connectivity index (χ1n) is 10.3.